The first kappa shape index (κ1) is 25.8. The zero-order valence-corrected chi connectivity index (χ0v) is 23.1. The molecule has 202 valence electrons. The minimum Gasteiger partial charge on any atom is -0.344 e. The van der Waals surface area contributed by atoms with Crippen molar-refractivity contribution in [3.8, 4) is 17.5 Å². The third-order valence-corrected chi connectivity index (χ3v) is 7.22. The molecular formula is C32H27N7O2. The highest BCUT2D eigenvalue weighted by Crippen LogP contribution is 2.24. The van der Waals surface area contributed by atoms with E-state index in [0.717, 1.165) is 16.9 Å². The number of hydrogen-bond donors (Lipinski definition) is 1. The van der Waals surface area contributed by atoms with Crippen LogP contribution in [0, 0.1) is 25.7 Å². The summed E-state index contributed by atoms with van der Waals surface area (Å²) in [5, 5.41) is 8.73. The summed E-state index contributed by atoms with van der Waals surface area (Å²) in [4.78, 5) is 36.4. The van der Waals surface area contributed by atoms with Crippen molar-refractivity contribution < 1.29 is 4.79 Å². The van der Waals surface area contributed by atoms with Gasteiger partial charge in [0.15, 0.2) is 5.65 Å². The Morgan fingerprint density at radius 2 is 1.80 bits per heavy atom. The predicted octanol–water partition coefficient (Wildman–Crippen LogP) is 4.27. The molecule has 0 saturated heterocycles. The Bertz CT molecular complexity index is 2070. The number of rotatable bonds is 4. The highest BCUT2D eigenvalue weighted by Gasteiger charge is 2.23. The lowest BCUT2D eigenvalue weighted by Gasteiger charge is -2.21. The first-order chi connectivity index (χ1) is 19.8. The number of imidazole rings is 1. The molecule has 6 aromatic rings. The van der Waals surface area contributed by atoms with Gasteiger partial charge < -0.3 is 9.88 Å². The summed E-state index contributed by atoms with van der Waals surface area (Å²) in [5.74, 6) is 6.89. The molecule has 1 atom stereocenters. The van der Waals surface area contributed by atoms with Crippen molar-refractivity contribution in [2.75, 3.05) is 0 Å². The third-order valence-electron chi connectivity index (χ3n) is 7.22. The number of carbonyl (C=O) groups is 1. The fourth-order valence-electron chi connectivity index (χ4n) is 5.00. The number of amides is 1. The van der Waals surface area contributed by atoms with Crippen molar-refractivity contribution in [3.05, 3.63) is 124 Å². The molecule has 6 rings (SSSR count). The van der Waals surface area contributed by atoms with Gasteiger partial charge in [0.1, 0.15) is 17.1 Å². The van der Waals surface area contributed by atoms with E-state index in [1.54, 1.807) is 40.7 Å². The van der Waals surface area contributed by atoms with E-state index in [-0.39, 0.29) is 11.5 Å². The summed E-state index contributed by atoms with van der Waals surface area (Å²) in [6.07, 6.45) is 5.10. The van der Waals surface area contributed by atoms with E-state index >= 15 is 0 Å². The van der Waals surface area contributed by atoms with Crippen LogP contribution in [0.1, 0.15) is 51.8 Å². The van der Waals surface area contributed by atoms with Crippen molar-refractivity contribution in [3.63, 3.8) is 0 Å². The van der Waals surface area contributed by atoms with Crippen LogP contribution in [-0.4, -0.2) is 34.6 Å². The van der Waals surface area contributed by atoms with Crippen LogP contribution in [0.3, 0.4) is 0 Å². The maximum absolute atomic E-state index is 14.2. The van der Waals surface area contributed by atoms with Gasteiger partial charge in [-0.1, -0.05) is 36.3 Å². The monoisotopic (exact) mass is 541 g/mol. The van der Waals surface area contributed by atoms with E-state index in [9.17, 15) is 9.59 Å². The minimum atomic E-state index is -0.523. The number of benzene rings is 2. The largest absolute Gasteiger partial charge is 0.344 e. The first-order valence-corrected chi connectivity index (χ1v) is 13.2. The molecule has 0 bridgehead atoms. The van der Waals surface area contributed by atoms with Crippen LogP contribution in [0.25, 0.3) is 22.1 Å². The van der Waals surface area contributed by atoms with Crippen molar-refractivity contribution in [2.24, 2.45) is 7.05 Å². The number of nitrogens with one attached hydrogen (secondary N) is 1. The predicted molar refractivity (Wildman–Crippen MR) is 157 cm³/mol. The zero-order valence-electron chi connectivity index (χ0n) is 23.1. The molecule has 41 heavy (non-hydrogen) atoms. The van der Waals surface area contributed by atoms with E-state index in [2.05, 4.69) is 32.2 Å². The minimum absolute atomic E-state index is 0.218. The molecule has 9 nitrogen and oxygen atoms in total. The first-order valence-electron chi connectivity index (χ1n) is 13.2. The summed E-state index contributed by atoms with van der Waals surface area (Å²) in [6.45, 7) is 5.55. The standard InChI is InChI=1S/C32H27N7O2/c1-20(35-31(40)28-21(2)36-38-17-9-16-33-30(28)38)27-18-24-11-8-10-23(14-15-26-19-34-22(3)37(26)4)29(24)32(41)39(27)25-12-6-5-7-13-25/h5-13,16-20H,1-4H3,(H,35,40)/t20-/m1/s1. The number of pyridine rings is 1. The molecule has 0 unspecified atom stereocenters. The van der Waals surface area contributed by atoms with Crippen LogP contribution in [0.4, 0.5) is 0 Å². The molecule has 4 aromatic heterocycles. The molecule has 1 amide bonds. The summed E-state index contributed by atoms with van der Waals surface area (Å²) in [6, 6.07) is 18.2. The van der Waals surface area contributed by atoms with Crippen LogP contribution in [0.2, 0.25) is 0 Å². The van der Waals surface area contributed by atoms with Crippen LogP contribution in [-0.2, 0) is 7.05 Å². The van der Waals surface area contributed by atoms with Gasteiger partial charge in [-0.3, -0.25) is 14.2 Å². The van der Waals surface area contributed by atoms with E-state index in [1.165, 1.54) is 0 Å². The van der Waals surface area contributed by atoms with Crippen molar-refractivity contribution >= 4 is 22.3 Å². The average molecular weight is 542 g/mol. The fraction of sp³-hybridized carbons (Fsp3) is 0.156. The summed E-state index contributed by atoms with van der Waals surface area (Å²) < 4.78 is 5.14. The lowest BCUT2D eigenvalue weighted by Crippen LogP contribution is -2.32. The van der Waals surface area contributed by atoms with Gasteiger partial charge in [0.2, 0.25) is 0 Å². The summed E-state index contributed by atoms with van der Waals surface area (Å²) in [7, 11) is 1.91. The number of nitrogens with zero attached hydrogens (tertiary/aromatic N) is 6. The summed E-state index contributed by atoms with van der Waals surface area (Å²) >= 11 is 0. The van der Waals surface area contributed by atoms with Gasteiger partial charge in [0, 0.05) is 36.4 Å². The number of aromatic nitrogens is 6. The third kappa shape index (κ3) is 4.55. The van der Waals surface area contributed by atoms with E-state index in [0.29, 0.717) is 39.2 Å². The number of hydrogen-bond acceptors (Lipinski definition) is 5. The van der Waals surface area contributed by atoms with Gasteiger partial charge in [0.05, 0.1) is 23.3 Å². The summed E-state index contributed by atoms with van der Waals surface area (Å²) in [5.41, 5.74) is 3.92. The van der Waals surface area contributed by atoms with Gasteiger partial charge in [0.25, 0.3) is 11.5 Å². The highest BCUT2D eigenvalue weighted by atomic mass is 16.2. The molecule has 0 aliphatic carbocycles. The average Bonchev–Trinajstić information content (AvgIpc) is 3.49. The number of para-hydroxylation sites is 1. The van der Waals surface area contributed by atoms with Gasteiger partial charge in [-0.05, 0) is 62.4 Å². The Morgan fingerprint density at radius 3 is 2.56 bits per heavy atom. The number of aryl methyl sites for hydroxylation is 2. The maximum Gasteiger partial charge on any atom is 0.264 e. The molecular weight excluding hydrogens is 514 g/mol. The second-order valence-corrected chi connectivity index (χ2v) is 9.86. The lowest BCUT2D eigenvalue weighted by atomic mass is 10.0. The van der Waals surface area contributed by atoms with Gasteiger partial charge in [-0.2, -0.15) is 5.10 Å². The molecule has 0 fully saturated rings. The molecule has 0 aliphatic rings. The van der Waals surface area contributed by atoms with Crippen LogP contribution in [0.5, 0.6) is 0 Å². The Morgan fingerprint density at radius 1 is 1.00 bits per heavy atom. The Balaban J connectivity index is 1.48. The van der Waals surface area contributed by atoms with E-state index in [1.807, 2.05) is 80.1 Å². The van der Waals surface area contributed by atoms with Gasteiger partial charge in [-0.15, -0.1) is 0 Å². The van der Waals surface area contributed by atoms with Gasteiger partial charge >= 0.3 is 0 Å². The van der Waals surface area contributed by atoms with Crippen LogP contribution >= 0.6 is 0 Å². The molecule has 0 saturated carbocycles. The lowest BCUT2D eigenvalue weighted by molar-refractivity contribution is 0.0939. The zero-order chi connectivity index (χ0) is 28.7. The Labute approximate surface area is 236 Å². The van der Waals surface area contributed by atoms with Crippen molar-refractivity contribution in [2.45, 2.75) is 26.8 Å². The van der Waals surface area contributed by atoms with E-state index in [4.69, 9.17) is 0 Å². The smallest absolute Gasteiger partial charge is 0.264 e. The van der Waals surface area contributed by atoms with Crippen LogP contribution < -0.4 is 10.9 Å². The molecule has 0 spiro atoms. The highest BCUT2D eigenvalue weighted by molar-refractivity contribution is 6.01. The van der Waals surface area contributed by atoms with E-state index < -0.39 is 6.04 Å². The molecule has 9 heteroatoms. The van der Waals surface area contributed by atoms with Crippen molar-refractivity contribution in [1.29, 1.82) is 0 Å². The number of fused-ring (bicyclic) bond motifs is 2. The molecule has 0 radical (unpaired) electrons. The normalized spacial score (nSPS) is 11.8. The topological polar surface area (TPSA) is 99.1 Å². The Kier molecular flexibility index (Phi) is 6.44. The fourth-order valence-corrected chi connectivity index (χ4v) is 5.00. The molecule has 0 aliphatic heterocycles. The van der Waals surface area contributed by atoms with Gasteiger partial charge in [-0.25, -0.2) is 14.5 Å². The Hall–Kier alpha value is -5.49. The second-order valence-electron chi connectivity index (χ2n) is 9.86. The van der Waals surface area contributed by atoms with Crippen molar-refractivity contribution in [1.82, 2.24) is 34.0 Å². The molecule has 2 aromatic carbocycles. The quantitative estimate of drug-likeness (QED) is 0.336. The second kappa shape index (κ2) is 10.2. The SMILES string of the molecule is Cc1nn2cccnc2c1C(=O)N[C@H](C)c1cc2cccc(C#Cc3cnc(C)n3C)c2c(=O)n1-c1ccccc1. The van der Waals surface area contributed by atoms with Crippen LogP contribution in [0.15, 0.2) is 84.0 Å². The molecule has 1 N–H and O–H groups in total. The molecule has 4 heterocycles. The number of carbonyl (C=O) groups excluding carboxylic acids is 1. The maximum atomic E-state index is 14.2.